The SMILES string of the molecule is Cc1nonc1OCCNC(=O)C1CCC(=O)N(CCc2ccccc2)C1. The molecule has 8 nitrogen and oxygen atoms in total. The van der Waals surface area contributed by atoms with Crippen LogP contribution >= 0.6 is 0 Å². The maximum absolute atomic E-state index is 12.4. The molecule has 144 valence electrons. The van der Waals surface area contributed by atoms with Crippen LogP contribution in [0.4, 0.5) is 0 Å². The summed E-state index contributed by atoms with van der Waals surface area (Å²) in [4.78, 5) is 26.4. The second-order valence-corrected chi connectivity index (χ2v) is 6.61. The molecule has 1 atom stereocenters. The molecule has 1 fully saturated rings. The third-order valence-corrected chi connectivity index (χ3v) is 4.64. The Morgan fingerprint density at radius 1 is 1.33 bits per heavy atom. The number of piperidine rings is 1. The quantitative estimate of drug-likeness (QED) is 0.703. The highest BCUT2D eigenvalue weighted by atomic mass is 16.6. The molecule has 8 heteroatoms. The molecule has 27 heavy (non-hydrogen) atoms. The van der Waals surface area contributed by atoms with Gasteiger partial charge in [0.15, 0.2) is 0 Å². The van der Waals surface area contributed by atoms with Gasteiger partial charge in [0, 0.05) is 19.5 Å². The molecule has 1 aromatic heterocycles. The summed E-state index contributed by atoms with van der Waals surface area (Å²) in [6.45, 7) is 3.47. The largest absolute Gasteiger partial charge is 0.472 e. The van der Waals surface area contributed by atoms with Gasteiger partial charge in [0.25, 0.3) is 5.88 Å². The number of carbonyl (C=O) groups is 2. The van der Waals surface area contributed by atoms with Crippen molar-refractivity contribution in [2.75, 3.05) is 26.2 Å². The second-order valence-electron chi connectivity index (χ2n) is 6.61. The number of nitrogens with zero attached hydrogens (tertiary/aromatic N) is 3. The van der Waals surface area contributed by atoms with Gasteiger partial charge in [-0.25, -0.2) is 4.63 Å². The summed E-state index contributed by atoms with van der Waals surface area (Å²) in [5, 5.41) is 10.1. The van der Waals surface area contributed by atoms with Gasteiger partial charge < -0.3 is 15.0 Å². The monoisotopic (exact) mass is 372 g/mol. The Hall–Kier alpha value is -2.90. The zero-order chi connectivity index (χ0) is 19.1. The minimum Gasteiger partial charge on any atom is -0.472 e. The van der Waals surface area contributed by atoms with Gasteiger partial charge in [0.05, 0.1) is 12.5 Å². The number of ether oxygens (including phenoxy) is 1. The number of likely N-dealkylation sites (tertiary alicyclic amines) is 1. The number of carbonyl (C=O) groups excluding carboxylic acids is 2. The van der Waals surface area contributed by atoms with Gasteiger partial charge in [0.2, 0.25) is 11.8 Å². The van der Waals surface area contributed by atoms with E-state index in [-0.39, 0.29) is 24.3 Å². The van der Waals surface area contributed by atoms with Gasteiger partial charge in [-0.15, -0.1) is 0 Å². The van der Waals surface area contributed by atoms with E-state index in [2.05, 4.69) is 20.3 Å². The molecule has 0 spiro atoms. The smallest absolute Gasteiger partial charge is 0.278 e. The lowest BCUT2D eigenvalue weighted by Gasteiger charge is -2.32. The van der Waals surface area contributed by atoms with Crippen LogP contribution in [0.25, 0.3) is 0 Å². The third kappa shape index (κ3) is 5.29. The average Bonchev–Trinajstić information content (AvgIpc) is 3.10. The van der Waals surface area contributed by atoms with Crippen molar-refractivity contribution in [1.82, 2.24) is 20.5 Å². The molecule has 1 N–H and O–H groups in total. The molecular weight excluding hydrogens is 348 g/mol. The molecule has 1 aliphatic heterocycles. The number of aromatic nitrogens is 2. The normalized spacial score (nSPS) is 17.0. The zero-order valence-corrected chi connectivity index (χ0v) is 15.4. The second kappa shape index (κ2) is 9.16. The first-order chi connectivity index (χ1) is 13.1. The molecule has 1 unspecified atom stereocenters. The summed E-state index contributed by atoms with van der Waals surface area (Å²) in [7, 11) is 0. The Kier molecular flexibility index (Phi) is 6.40. The van der Waals surface area contributed by atoms with E-state index in [0.717, 1.165) is 6.42 Å². The number of benzene rings is 1. The van der Waals surface area contributed by atoms with Gasteiger partial charge in [-0.2, -0.15) is 0 Å². The predicted octanol–water partition coefficient (Wildman–Crippen LogP) is 1.35. The summed E-state index contributed by atoms with van der Waals surface area (Å²) in [6, 6.07) is 10.0. The molecule has 0 saturated carbocycles. The van der Waals surface area contributed by atoms with E-state index in [1.54, 1.807) is 11.8 Å². The van der Waals surface area contributed by atoms with Crippen molar-refractivity contribution in [3.05, 3.63) is 41.6 Å². The first kappa shape index (κ1) is 18.9. The molecule has 1 aromatic carbocycles. The fourth-order valence-corrected chi connectivity index (χ4v) is 3.07. The van der Waals surface area contributed by atoms with Crippen LogP contribution in [0.2, 0.25) is 0 Å². The minimum atomic E-state index is -0.186. The maximum atomic E-state index is 12.4. The number of rotatable bonds is 8. The van der Waals surface area contributed by atoms with E-state index in [1.165, 1.54) is 5.56 Å². The van der Waals surface area contributed by atoms with Crippen molar-refractivity contribution in [1.29, 1.82) is 0 Å². The number of nitrogens with one attached hydrogen (secondary N) is 1. The Morgan fingerprint density at radius 2 is 2.15 bits per heavy atom. The molecule has 2 aromatic rings. The van der Waals surface area contributed by atoms with Crippen molar-refractivity contribution >= 4 is 11.8 Å². The molecule has 3 rings (SSSR count). The molecule has 2 heterocycles. The first-order valence-electron chi connectivity index (χ1n) is 9.15. The highest BCUT2D eigenvalue weighted by Crippen LogP contribution is 2.18. The van der Waals surface area contributed by atoms with Gasteiger partial charge in [-0.3, -0.25) is 9.59 Å². The third-order valence-electron chi connectivity index (χ3n) is 4.64. The van der Waals surface area contributed by atoms with E-state index in [0.29, 0.717) is 44.0 Å². The number of hydrogen-bond acceptors (Lipinski definition) is 6. The topological polar surface area (TPSA) is 97.6 Å². The Morgan fingerprint density at radius 3 is 2.89 bits per heavy atom. The van der Waals surface area contributed by atoms with Crippen LogP contribution in [0.1, 0.15) is 24.1 Å². The molecule has 0 radical (unpaired) electrons. The minimum absolute atomic E-state index is 0.0502. The van der Waals surface area contributed by atoms with Crippen molar-refractivity contribution in [2.24, 2.45) is 5.92 Å². The van der Waals surface area contributed by atoms with E-state index < -0.39 is 0 Å². The summed E-state index contributed by atoms with van der Waals surface area (Å²) in [5.41, 5.74) is 1.76. The molecular formula is C19H24N4O4. The zero-order valence-electron chi connectivity index (χ0n) is 15.4. The summed E-state index contributed by atoms with van der Waals surface area (Å²) < 4.78 is 9.94. The van der Waals surface area contributed by atoms with Crippen LogP contribution in [0.3, 0.4) is 0 Å². The average molecular weight is 372 g/mol. The van der Waals surface area contributed by atoms with Gasteiger partial charge in [-0.05, 0) is 30.5 Å². The fraction of sp³-hybridized carbons (Fsp3) is 0.474. The molecule has 0 bridgehead atoms. The Balaban J connectivity index is 1.41. The Labute approximate surface area is 157 Å². The number of aryl methyl sites for hydroxylation is 1. The van der Waals surface area contributed by atoms with Crippen LogP contribution in [0, 0.1) is 12.8 Å². The summed E-state index contributed by atoms with van der Waals surface area (Å²) in [6.07, 6.45) is 1.78. The van der Waals surface area contributed by atoms with E-state index in [4.69, 9.17) is 4.74 Å². The molecule has 2 amide bonds. The van der Waals surface area contributed by atoms with E-state index in [9.17, 15) is 9.59 Å². The number of amides is 2. The lowest BCUT2D eigenvalue weighted by atomic mass is 9.96. The number of hydrogen-bond donors (Lipinski definition) is 1. The van der Waals surface area contributed by atoms with Crippen LogP contribution in [0.5, 0.6) is 5.88 Å². The van der Waals surface area contributed by atoms with E-state index >= 15 is 0 Å². The first-order valence-corrected chi connectivity index (χ1v) is 9.15. The summed E-state index contributed by atoms with van der Waals surface area (Å²) >= 11 is 0. The van der Waals surface area contributed by atoms with Crippen molar-refractivity contribution < 1.29 is 19.0 Å². The predicted molar refractivity (Wildman–Crippen MR) is 97.0 cm³/mol. The Bertz CT molecular complexity index is 762. The molecule has 1 aliphatic rings. The van der Waals surface area contributed by atoms with Gasteiger partial charge in [-0.1, -0.05) is 35.5 Å². The van der Waals surface area contributed by atoms with Crippen LogP contribution in [-0.4, -0.2) is 53.3 Å². The highest BCUT2D eigenvalue weighted by molar-refractivity contribution is 5.83. The van der Waals surface area contributed by atoms with Gasteiger partial charge >= 0.3 is 0 Å². The van der Waals surface area contributed by atoms with E-state index in [1.807, 2.05) is 30.3 Å². The van der Waals surface area contributed by atoms with Crippen LogP contribution in [0.15, 0.2) is 35.0 Å². The fourth-order valence-electron chi connectivity index (χ4n) is 3.07. The van der Waals surface area contributed by atoms with Crippen LogP contribution < -0.4 is 10.1 Å². The van der Waals surface area contributed by atoms with Crippen LogP contribution in [-0.2, 0) is 16.0 Å². The van der Waals surface area contributed by atoms with Crippen molar-refractivity contribution in [2.45, 2.75) is 26.2 Å². The summed E-state index contributed by atoms with van der Waals surface area (Å²) in [5.74, 6) is 0.214. The van der Waals surface area contributed by atoms with Crippen molar-refractivity contribution in [3.8, 4) is 5.88 Å². The standard InChI is InChI=1S/C19H24N4O4/c1-14-19(22-27-21-14)26-12-10-20-18(25)16-7-8-17(24)23(13-16)11-9-15-5-3-2-4-6-15/h2-6,16H,7-13H2,1H3,(H,20,25). The lowest BCUT2D eigenvalue weighted by Crippen LogP contribution is -2.46. The lowest BCUT2D eigenvalue weighted by molar-refractivity contribution is -0.138. The maximum Gasteiger partial charge on any atom is 0.278 e. The molecule has 0 aliphatic carbocycles. The highest BCUT2D eigenvalue weighted by Gasteiger charge is 2.29. The van der Waals surface area contributed by atoms with Gasteiger partial charge in [0.1, 0.15) is 12.3 Å². The van der Waals surface area contributed by atoms with Crippen molar-refractivity contribution in [3.63, 3.8) is 0 Å². The molecule has 1 saturated heterocycles.